The number of rotatable bonds is 6. The molecule has 2 aliphatic rings. The third kappa shape index (κ3) is 4.16. The van der Waals surface area contributed by atoms with Crippen LogP contribution in [0.5, 0.6) is 5.75 Å². The Morgan fingerprint density at radius 1 is 1.25 bits per heavy atom. The van der Waals surface area contributed by atoms with Crippen LogP contribution in [0.25, 0.3) is 0 Å². The molecule has 1 atom stereocenters. The Morgan fingerprint density at radius 3 is 2.69 bits per heavy atom. The maximum Gasteiger partial charge on any atom is 0.338 e. The average molecular weight is 454 g/mol. The Labute approximate surface area is 189 Å². The number of amides is 3. The highest BCUT2D eigenvalue weighted by atomic mass is 32.2. The first kappa shape index (κ1) is 21.8. The van der Waals surface area contributed by atoms with Crippen LogP contribution in [0.3, 0.4) is 0 Å². The second kappa shape index (κ2) is 8.96. The number of hydrogen-bond donors (Lipinski definition) is 2. The zero-order valence-corrected chi connectivity index (χ0v) is 18.7. The molecule has 0 bridgehead atoms. The van der Waals surface area contributed by atoms with Crippen molar-refractivity contribution in [3.05, 3.63) is 64.9 Å². The van der Waals surface area contributed by atoms with Crippen LogP contribution in [0.4, 0.5) is 10.5 Å². The van der Waals surface area contributed by atoms with E-state index in [2.05, 4.69) is 10.6 Å². The molecular formula is C23H23N3O5S. The van der Waals surface area contributed by atoms with E-state index in [1.807, 2.05) is 43.5 Å². The number of anilines is 1. The second-order valence-electron chi connectivity index (χ2n) is 7.43. The van der Waals surface area contributed by atoms with Crippen molar-refractivity contribution >= 4 is 35.4 Å². The molecule has 2 aromatic carbocycles. The molecule has 2 N–H and O–H groups in total. The number of ether oxygens (including phenoxy) is 2. The molecule has 0 saturated carbocycles. The second-order valence-corrected chi connectivity index (χ2v) is 8.31. The van der Waals surface area contributed by atoms with Crippen LogP contribution in [0, 0.1) is 6.92 Å². The van der Waals surface area contributed by atoms with Gasteiger partial charge in [-0.05, 0) is 48.6 Å². The van der Waals surface area contributed by atoms with E-state index in [1.54, 1.807) is 23.9 Å². The molecule has 0 aliphatic carbocycles. The number of nitrogens with one attached hydrogen (secondary N) is 2. The summed E-state index contributed by atoms with van der Waals surface area (Å²) in [4.78, 5) is 40.5. The van der Waals surface area contributed by atoms with Crippen molar-refractivity contribution in [1.82, 2.24) is 10.2 Å². The summed E-state index contributed by atoms with van der Waals surface area (Å²) in [6, 6.07) is 11.9. The molecule has 9 heteroatoms. The lowest BCUT2D eigenvalue weighted by Crippen LogP contribution is -2.49. The van der Waals surface area contributed by atoms with Crippen molar-refractivity contribution in [3.8, 4) is 5.75 Å². The van der Waals surface area contributed by atoms with E-state index in [1.165, 1.54) is 12.0 Å². The number of benzene rings is 2. The highest BCUT2D eigenvalue weighted by Crippen LogP contribution is 2.35. The fraction of sp³-hybridized carbons (Fsp3) is 0.261. The quantitative estimate of drug-likeness (QED) is 0.515. The molecule has 0 spiro atoms. The van der Waals surface area contributed by atoms with Gasteiger partial charge in [-0.25, -0.2) is 9.59 Å². The largest absolute Gasteiger partial charge is 0.495 e. The molecule has 3 amide bonds. The lowest BCUT2D eigenvalue weighted by Gasteiger charge is -2.32. The first-order chi connectivity index (χ1) is 15.4. The molecule has 0 fully saturated rings. The molecule has 1 unspecified atom stereocenters. The molecular weight excluding hydrogens is 430 g/mol. The van der Waals surface area contributed by atoms with Gasteiger partial charge in [0, 0.05) is 4.90 Å². The molecule has 0 saturated heterocycles. The Balaban J connectivity index is 1.58. The Morgan fingerprint density at radius 2 is 2.00 bits per heavy atom. The predicted octanol–water partition coefficient (Wildman–Crippen LogP) is 3.24. The minimum absolute atomic E-state index is 0.0535. The standard InChI is InChI=1S/C23H23N3O5S/c1-13-4-9-18(30-2)16(10-13)24-19(27)11-26-17-12-31-22(28)20(17)21(25-23(26)29)14-5-7-15(32-3)8-6-14/h4-10,21H,11-12H2,1-3H3,(H,24,27)(H,25,29). The summed E-state index contributed by atoms with van der Waals surface area (Å²) >= 11 is 1.60. The highest BCUT2D eigenvalue weighted by Gasteiger charge is 2.42. The van der Waals surface area contributed by atoms with Gasteiger partial charge in [0.25, 0.3) is 0 Å². The number of carbonyl (C=O) groups excluding carboxylic acids is 3. The number of cyclic esters (lactones) is 1. The van der Waals surface area contributed by atoms with Crippen LogP contribution in [0.2, 0.25) is 0 Å². The van der Waals surface area contributed by atoms with Gasteiger partial charge in [0.05, 0.1) is 30.1 Å². The third-order valence-corrected chi connectivity index (χ3v) is 6.12. The van der Waals surface area contributed by atoms with Gasteiger partial charge < -0.3 is 20.1 Å². The molecule has 2 heterocycles. The summed E-state index contributed by atoms with van der Waals surface area (Å²) in [7, 11) is 1.52. The molecule has 166 valence electrons. The number of methoxy groups -OCH3 is 1. The lowest BCUT2D eigenvalue weighted by molar-refractivity contribution is -0.136. The van der Waals surface area contributed by atoms with Gasteiger partial charge in [-0.15, -0.1) is 11.8 Å². The van der Waals surface area contributed by atoms with Crippen molar-refractivity contribution in [2.45, 2.75) is 17.9 Å². The Hall–Kier alpha value is -3.46. The van der Waals surface area contributed by atoms with Crippen molar-refractivity contribution in [3.63, 3.8) is 0 Å². The van der Waals surface area contributed by atoms with E-state index in [0.29, 0.717) is 22.7 Å². The van der Waals surface area contributed by atoms with Gasteiger partial charge in [0.15, 0.2) is 0 Å². The van der Waals surface area contributed by atoms with E-state index in [-0.39, 0.29) is 13.2 Å². The van der Waals surface area contributed by atoms with Gasteiger partial charge in [0.2, 0.25) is 5.91 Å². The number of carbonyl (C=O) groups is 3. The summed E-state index contributed by atoms with van der Waals surface area (Å²) in [6.07, 6.45) is 1.97. The number of aryl methyl sites for hydroxylation is 1. The van der Waals surface area contributed by atoms with Crippen molar-refractivity contribution in [2.75, 3.05) is 31.8 Å². The molecule has 4 rings (SSSR count). The molecule has 8 nitrogen and oxygen atoms in total. The third-order valence-electron chi connectivity index (χ3n) is 5.38. The summed E-state index contributed by atoms with van der Waals surface area (Å²) in [6.45, 7) is 1.58. The summed E-state index contributed by atoms with van der Waals surface area (Å²) in [5, 5.41) is 5.62. The van der Waals surface area contributed by atoms with E-state index in [9.17, 15) is 14.4 Å². The van der Waals surface area contributed by atoms with Gasteiger partial charge >= 0.3 is 12.0 Å². The zero-order valence-electron chi connectivity index (χ0n) is 17.9. The van der Waals surface area contributed by atoms with Crippen LogP contribution in [-0.4, -0.2) is 49.3 Å². The smallest absolute Gasteiger partial charge is 0.338 e. The molecule has 2 aliphatic heterocycles. The number of hydrogen-bond acceptors (Lipinski definition) is 6. The van der Waals surface area contributed by atoms with E-state index in [4.69, 9.17) is 9.47 Å². The maximum atomic E-state index is 12.9. The summed E-state index contributed by atoms with van der Waals surface area (Å²) in [5.74, 6) is -0.400. The Kier molecular flexibility index (Phi) is 6.09. The van der Waals surface area contributed by atoms with Crippen molar-refractivity contribution in [2.24, 2.45) is 0 Å². The normalized spacial score (nSPS) is 17.6. The van der Waals surface area contributed by atoms with Gasteiger partial charge in [-0.3, -0.25) is 9.69 Å². The van der Waals surface area contributed by atoms with Crippen LogP contribution >= 0.6 is 11.8 Å². The number of urea groups is 1. The fourth-order valence-corrected chi connectivity index (χ4v) is 4.19. The van der Waals surface area contributed by atoms with Crippen LogP contribution < -0.4 is 15.4 Å². The number of esters is 1. The van der Waals surface area contributed by atoms with Crippen molar-refractivity contribution in [1.29, 1.82) is 0 Å². The fourth-order valence-electron chi connectivity index (χ4n) is 3.78. The molecule has 32 heavy (non-hydrogen) atoms. The minimum Gasteiger partial charge on any atom is -0.495 e. The van der Waals surface area contributed by atoms with Gasteiger partial charge in [-0.2, -0.15) is 0 Å². The highest BCUT2D eigenvalue weighted by molar-refractivity contribution is 7.98. The Bertz CT molecular complexity index is 1110. The number of thioether (sulfide) groups is 1. The first-order valence-electron chi connectivity index (χ1n) is 9.98. The predicted molar refractivity (Wildman–Crippen MR) is 121 cm³/mol. The van der Waals surface area contributed by atoms with E-state index < -0.39 is 23.9 Å². The molecule has 0 radical (unpaired) electrons. The molecule has 0 aromatic heterocycles. The SMILES string of the molecule is COc1ccc(C)cc1NC(=O)CN1C(=O)NC(c2ccc(SC)cc2)C2=C1COC2=O. The minimum atomic E-state index is -0.625. The maximum absolute atomic E-state index is 12.9. The zero-order chi connectivity index (χ0) is 22.8. The van der Waals surface area contributed by atoms with Crippen LogP contribution in [0.15, 0.2) is 58.6 Å². The van der Waals surface area contributed by atoms with Gasteiger partial charge in [0.1, 0.15) is 18.9 Å². The van der Waals surface area contributed by atoms with E-state index in [0.717, 1.165) is 16.0 Å². The first-order valence-corrected chi connectivity index (χ1v) is 11.2. The summed E-state index contributed by atoms with van der Waals surface area (Å²) in [5.41, 5.74) is 2.99. The monoisotopic (exact) mass is 453 g/mol. The van der Waals surface area contributed by atoms with Crippen molar-refractivity contribution < 1.29 is 23.9 Å². The topological polar surface area (TPSA) is 97.0 Å². The molecule has 2 aromatic rings. The average Bonchev–Trinajstić information content (AvgIpc) is 3.17. The lowest BCUT2D eigenvalue weighted by atomic mass is 9.96. The summed E-state index contributed by atoms with van der Waals surface area (Å²) < 4.78 is 10.5. The van der Waals surface area contributed by atoms with Crippen LogP contribution in [0.1, 0.15) is 17.2 Å². The van der Waals surface area contributed by atoms with E-state index >= 15 is 0 Å². The number of nitrogens with zero attached hydrogens (tertiary/aromatic N) is 1. The van der Waals surface area contributed by atoms with Crippen LogP contribution in [-0.2, 0) is 14.3 Å². The van der Waals surface area contributed by atoms with Gasteiger partial charge in [-0.1, -0.05) is 18.2 Å².